The second-order valence-electron chi connectivity index (χ2n) is 3.86. The van der Waals surface area contributed by atoms with E-state index >= 15 is 0 Å². The van der Waals surface area contributed by atoms with Crippen molar-refractivity contribution in [3.8, 4) is 6.07 Å². The van der Waals surface area contributed by atoms with Crippen molar-refractivity contribution in [3.63, 3.8) is 0 Å². The number of anilines is 1. The van der Waals surface area contributed by atoms with Crippen molar-refractivity contribution in [3.05, 3.63) is 16.8 Å². The number of hydrogen-bond donors (Lipinski definition) is 2. The normalized spacial score (nSPS) is 9.74. The second-order valence-corrected chi connectivity index (χ2v) is 3.86. The van der Waals surface area contributed by atoms with Crippen LogP contribution in [0.25, 0.3) is 0 Å². The lowest BCUT2D eigenvalue weighted by Crippen LogP contribution is -2.36. The van der Waals surface area contributed by atoms with Gasteiger partial charge in [-0.1, -0.05) is 0 Å². The Morgan fingerprint density at radius 2 is 1.74 bits per heavy atom. The maximum Gasteiger partial charge on any atom is 0.323 e. The Labute approximate surface area is 108 Å². The summed E-state index contributed by atoms with van der Waals surface area (Å²) in [5, 5.41) is 34.2. The molecular formula is C11H12N4O4. The summed E-state index contributed by atoms with van der Waals surface area (Å²) in [5.74, 6) is -2.47. The van der Waals surface area contributed by atoms with Crippen molar-refractivity contribution >= 4 is 17.8 Å². The van der Waals surface area contributed by atoms with Gasteiger partial charge < -0.3 is 15.1 Å². The van der Waals surface area contributed by atoms with E-state index in [4.69, 9.17) is 15.5 Å². The van der Waals surface area contributed by atoms with Crippen LogP contribution in [0.15, 0.2) is 0 Å². The molecule has 8 heteroatoms. The number of carbonyl (C=O) groups is 2. The van der Waals surface area contributed by atoms with Crippen LogP contribution in [0, 0.1) is 25.2 Å². The third kappa shape index (κ3) is 3.38. The number of rotatable bonds is 5. The molecule has 0 amide bonds. The minimum absolute atomic E-state index is 0.0320. The first-order chi connectivity index (χ1) is 8.86. The molecule has 0 aliphatic carbocycles. The monoisotopic (exact) mass is 264 g/mol. The highest BCUT2D eigenvalue weighted by atomic mass is 16.4. The van der Waals surface area contributed by atoms with E-state index in [1.807, 2.05) is 6.07 Å². The summed E-state index contributed by atoms with van der Waals surface area (Å²) < 4.78 is 0. The van der Waals surface area contributed by atoms with Crippen molar-refractivity contribution in [2.75, 3.05) is 18.0 Å². The maximum atomic E-state index is 10.8. The number of nitrogens with zero attached hydrogens (tertiary/aromatic N) is 4. The molecule has 2 N–H and O–H groups in total. The first-order valence-corrected chi connectivity index (χ1v) is 5.29. The van der Waals surface area contributed by atoms with Crippen LogP contribution in [-0.4, -0.2) is 45.4 Å². The summed E-state index contributed by atoms with van der Waals surface area (Å²) in [6, 6.07) is 1.90. The molecule has 0 radical (unpaired) electrons. The van der Waals surface area contributed by atoms with Gasteiger partial charge >= 0.3 is 11.9 Å². The van der Waals surface area contributed by atoms with Crippen LogP contribution in [-0.2, 0) is 9.59 Å². The largest absolute Gasteiger partial charge is 0.480 e. The van der Waals surface area contributed by atoms with Crippen LogP contribution in [0.1, 0.15) is 16.8 Å². The smallest absolute Gasteiger partial charge is 0.323 e. The molecule has 0 bridgehead atoms. The maximum absolute atomic E-state index is 10.8. The molecule has 1 aromatic heterocycles. The lowest BCUT2D eigenvalue weighted by atomic mass is 10.1. The van der Waals surface area contributed by atoms with E-state index in [9.17, 15) is 9.59 Å². The molecule has 0 saturated heterocycles. The third-order valence-electron chi connectivity index (χ3n) is 2.50. The van der Waals surface area contributed by atoms with Crippen LogP contribution in [0.2, 0.25) is 0 Å². The molecule has 0 aliphatic heterocycles. The molecule has 0 aliphatic rings. The van der Waals surface area contributed by atoms with E-state index < -0.39 is 25.0 Å². The van der Waals surface area contributed by atoms with Gasteiger partial charge in [-0.05, 0) is 19.4 Å². The van der Waals surface area contributed by atoms with Gasteiger partial charge in [0, 0.05) is 0 Å². The topological polar surface area (TPSA) is 127 Å². The Morgan fingerprint density at radius 3 is 2.16 bits per heavy atom. The van der Waals surface area contributed by atoms with Crippen molar-refractivity contribution in [2.45, 2.75) is 13.8 Å². The fraction of sp³-hybridized carbons (Fsp3) is 0.364. The molecule has 100 valence electrons. The summed E-state index contributed by atoms with van der Waals surface area (Å²) in [7, 11) is 0. The quantitative estimate of drug-likeness (QED) is 0.757. The number of aromatic nitrogens is 2. The van der Waals surface area contributed by atoms with Crippen LogP contribution in [0.5, 0.6) is 0 Å². The molecule has 0 atom stereocenters. The minimum atomic E-state index is -1.22. The zero-order valence-electron chi connectivity index (χ0n) is 10.4. The fourth-order valence-corrected chi connectivity index (χ4v) is 1.48. The van der Waals surface area contributed by atoms with Gasteiger partial charge in [0.05, 0.1) is 5.69 Å². The molecule has 0 saturated carbocycles. The molecule has 1 rings (SSSR count). The molecule has 0 aromatic carbocycles. The summed E-state index contributed by atoms with van der Waals surface area (Å²) >= 11 is 0. The highest BCUT2D eigenvalue weighted by molar-refractivity contribution is 5.80. The highest BCUT2D eigenvalue weighted by Gasteiger charge is 2.21. The minimum Gasteiger partial charge on any atom is -0.480 e. The van der Waals surface area contributed by atoms with Gasteiger partial charge in [-0.25, -0.2) is 0 Å². The Balaban J connectivity index is 3.30. The standard InChI is InChI=1S/C11H12N4O4/c1-6-7(2)13-14-11(8(6)3-12)15(4-9(16)17)5-10(18)19/h4-5H2,1-2H3,(H,16,17)(H,18,19). The van der Waals surface area contributed by atoms with Gasteiger partial charge in [-0.15, -0.1) is 5.10 Å². The number of hydrogen-bond acceptors (Lipinski definition) is 6. The van der Waals surface area contributed by atoms with Gasteiger partial charge in [0.2, 0.25) is 0 Å². The van der Waals surface area contributed by atoms with Crippen molar-refractivity contribution in [1.29, 1.82) is 5.26 Å². The first kappa shape index (κ1) is 14.4. The lowest BCUT2D eigenvalue weighted by molar-refractivity contribution is -0.136. The average molecular weight is 264 g/mol. The van der Waals surface area contributed by atoms with Gasteiger partial charge in [-0.3, -0.25) is 9.59 Å². The predicted octanol–water partition coefficient (Wildman–Crippen LogP) is -0.0593. The summed E-state index contributed by atoms with van der Waals surface area (Å²) in [4.78, 5) is 22.5. The van der Waals surface area contributed by atoms with Crippen molar-refractivity contribution in [2.24, 2.45) is 0 Å². The number of carboxylic acids is 2. The molecule has 0 spiro atoms. The zero-order valence-corrected chi connectivity index (χ0v) is 10.4. The van der Waals surface area contributed by atoms with Crippen molar-refractivity contribution < 1.29 is 19.8 Å². The van der Waals surface area contributed by atoms with E-state index in [1.54, 1.807) is 13.8 Å². The Kier molecular flexibility index (Phi) is 4.36. The van der Waals surface area contributed by atoms with Crippen LogP contribution in [0.3, 0.4) is 0 Å². The SMILES string of the molecule is Cc1nnc(N(CC(=O)O)CC(=O)O)c(C#N)c1C. The zero-order chi connectivity index (χ0) is 14.6. The number of aryl methyl sites for hydroxylation is 1. The van der Waals surface area contributed by atoms with Crippen LogP contribution < -0.4 is 4.90 Å². The van der Waals surface area contributed by atoms with E-state index in [2.05, 4.69) is 10.2 Å². The number of aliphatic carboxylic acids is 2. The van der Waals surface area contributed by atoms with Gasteiger partial charge in [0.1, 0.15) is 24.7 Å². The molecule has 1 aromatic rings. The van der Waals surface area contributed by atoms with E-state index in [0.717, 1.165) is 4.90 Å². The molecule has 19 heavy (non-hydrogen) atoms. The predicted molar refractivity (Wildman–Crippen MR) is 63.7 cm³/mol. The fourth-order valence-electron chi connectivity index (χ4n) is 1.48. The Bertz CT molecular complexity index is 549. The van der Waals surface area contributed by atoms with Crippen LogP contribution in [0.4, 0.5) is 5.82 Å². The molecule has 0 fully saturated rings. The molecule has 0 unspecified atom stereocenters. The third-order valence-corrected chi connectivity index (χ3v) is 2.50. The Hall–Kier alpha value is -2.69. The second kappa shape index (κ2) is 5.77. The summed E-state index contributed by atoms with van der Waals surface area (Å²) in [6.45, 7) is 2.16. The summed E-state index contributed by atoms with van der Waals surface area (Å²) in [5.41, 5.74) is 1.22. The van der Waals surface area contributed by atoms with Crippen LogP contribution >= 0.6 is 0 Å². The number of carboxylic acid groups (broad SMARTS) is 2. The van der Waals surface area contributed by atoms with Gasteiger partial charge in [0.25, 0.3) is 0 Å². The number of nitriles is 1. The lowest BCUT2D eigenvalue weighted by Gasteiger charge is -2.20. The van der Waals surface area contributed by atoms with E-state index in [1.165, 1.54) is 0 Å². The van der Waals surface area contributed by atoms with Gasteiger partial charge in [0.15, 0.2) is 5.82 Å². The Morgan fingerprint density at radius 1 is 1.21 bits per heavy atom. The molecular weight excluding hydrogens is 252 g/mol. The molecule has 8 nitrogen and oxygen atoms in total. The average Bonchev–Trinajstić information content (AvgIpc) is 2.30. The highest BCUT2D eigenvalue weighted by Crippen LogP contribution is 2.20. The van der Waals surface area contributed by atoms with Crippen molar-refractivity contribution in [1.82, 2.24) is 10.2 Å². The van der Waals surface area contributed by atoms with E-state index in [0.29, 0.717) is 11.3 Å². The first-order valence-electron chi connectivity index (χ1n) is 5.29. The molecule has 1 heterocycles. The van der Waals surface area contributed by atoms with E-state index in [-0.39, 0.29) is 11.4 Å². The van der Waals surface area contributed by atoms with Gasteiger partial charge in [-0.2, -0.15) is 10.4 Å². The summed E-state index contributed by atoms with van der Waals surface area (Å²) in [6.07, 6.45) is 0.